The fourth-order valence-corrected chi connectivity index (χ4v) is 3.96. The molecule has 0 amide bonds. The van der Waals surface area contributed by atoms with Crippen LogP contribution in [0, 0.1) is 0 Å². The van der Waals surface area contributed by atoms with Crippen LogP contribution in [0.15, 0.2) is 29.2 Å². The number of nitrogens with zero attached hydrogens (tertiary/aromatic N) is 6. The van der Waals surface area contributed by atoms with Gasteiger partial charge in [0.1, 0.15) is 5.76 Å². The van der Waals surface area contributed by atoms with E-state index >= 15 is 0 Å². The molecule has 1 saturated carbocycles. The normalized spacial score (nSPS) is 23.0. The third-order valence-corrected chi connectivity index (χ3v) is 5.62. The maximum atomic E-state index is 5.45. The molecule has 0 atom stereocenters. The van der Waals surface area contributed by atoms with Crippen LogP contribution in [-0.4, -0.2) is 70.2 Å². The van der Waals surface area contributed by atoms with Gasteiger partial charge in [0.25, 0.3) is 0 Å². The summed E-state index contributed by atoms with van der Waals surface area (Å²) in [7, 11) is 0. The molecule has 2 aliphatic heterocycles. The maximum absolute atomic E-state index is 5.45. The predicted molar refractivity (Wildman–Crippen MR) is 93.4 cm³/mol. The largest absolute Gasteiger partial charge is 0.361 e. The van der Waals surface area contributed by atoms with Crippen LogP contribution in [-0.2, 0) is 6.54 Å². The van der Waals surface area contributed by atoms with Gasteiger partial charge in [-0.25, -0.2) is 9.97 Å². The summed E-state index contributed by atoms with van der Waals surface area (Å²) in [6.45, 7) is 7.50. The first-order valence-corrected chi connectivity index (χ1v) is 9.28. The number of likely N-dealkylation sites (tertiary alicyclic amines) is 1. The van der Waals surface area contributed by atoms with E-state index in [1.54, 1.807) is 0 Å². The molecule has 0 spiro atoms. The van der Waals surface area contributed by atoms with E-state index in [0.29, 0.717) is 12.0 Å². The molecular formula is C18H24N6O. The van der Waals surface area contributed by atoms with Gasteiger partial charge in [0.2, 0.25) is 5.95 Å². The number of rotatable bonds is 5. The molecule has 0 bridgehead atoms. The van der Waals surface area contributed by atoms with Gasteiger partial charge in [0, 0.05) is 75.7 Å². The van der Waals surface area contributed by atoms with E-state index in [0.717, 1.165) is 57.5 Å². The highest BCUT2D eigenvalue weighted by atomic mass is 16.5. The summed E-state index contributed by atoms with van der Waals surface area (Å²) in [4.78, 5) is 16.1. The minimum absolute atomic E-state index is 0.642. The molecule has 2 aromatic rings. The minimum Gasteiger partial charge on any atom is -0.361 e. The van der Waals surface area contributed by atoms with Crippen molar-refractivity contribution in [3.8, 4) is 0 Å². The van der Waals surface area contributed by atoms with E-state index in [2.05, 4.69) is 29.8 Å². The Kier molecular flexibility index (Phi) is 3.90. The summed E-state index contributed by atoms with van der Waals surface area (Å²) in [6.07, 6.45) is 8.08. The van der Waals surface area contributed by atoms with Gasteiger partial charge in [-0.1, -0.05) is 5.16 Å². The molecule has 3 aliphatic rings. The zero-order valence-corrected chi connectivity index (χ0v) is 14.4. The van der Waals surface area contributed by atoms with Crippen LogP contribution in [0.25, 0.3) is 0 Å². The second kappa shape index (κ2) is 6.38. The van der Waals surface area contributed by atoms with Crippen molar-refractivity contribution in [2.75, 3.05) is 44.2 Å². The molecule has 0 aromatic carbocycles. The highest BCUT2D eigenvalue weighted by Gasteiger charge is 2.36. The lowest BCUT2D eigenvalue weighted by Crippen LogP contribution is -2.62. The van der Waals surface area contributed by atoms with Gasteiger partial charge in [0.05, 0.1) is 6.20 Å². The van der Waals surface area contributed by atoms with Gasteiger partial charge in [-0.15, -0.1) is 0 Å². The van der Waals surface area contributed by atoms with Crippen LogP contribution in [0.2, 0.25) is 0 Å². The van der Waals surface area contributed by atoms with Crippen molar-refractivity contribution in [1.82, 2.24) is 24.9 Å². The van der Waals surface area contributed by atoms with E-state index in [4.69, 9.17) is 4.52 Å². The predicted octanol–water partition coefficient (Wildman–Crippen LogP) is 1.35. The molecule has 5 rings (SSSR count). The third-order valence-electron chi connectivity index (χ3n) is 5.62. The SMILES string of the molecule is c1cnc(N2CCN(C3CN(Cc4cnoc4C4CC4)C3)CC2)nc1. The van der Waals surface area contributed by atoms with Crippen molar-refractivity contribution in [2.24, 2.45) is 0 Å². The van der Waals surface area contributed by atoms with Crippen LogP contribution < -0.4 is 4.90 Å². The van der Waals surface area contributed by atoms with Crippen LogP contribution in [0.1, 0.15) is 30.1 Å². The maximum Gasteiger partial charge on any atom is 0.225 e. The molecule has 0 unspecified atom stereocenters. The summed E-state index contributed by atoms with van der Waals surface area (Å²) in [6, 6.07) is 2.55. The zero-order chi connectivity index (χ0) is 16.6. The quantitative estimate of drug-likeness (QED) is 0.814. The fourth-order valence-electron chi connectivity index (χ4n) is 3.96. The zero-order valence-electron chi connectivity index (χ0n) is 14.4. The van der Waals surface area contributed by atoms with Crippen molar-refractivity contribution >= 4 is 5.95 Å². The molecule has 0 N–H and O–H groups in total. The van der Waals surface area contributed by atoms with Crippen LogP contribution in [0.5, 0.6) is 0 Å². The Balaban J connectivity index is 1.10. The summed E-state index contributed by atoms with van der Waals surface area (Å²) < 4.78 is 5.45. The minimum atomic E-state index is 0.642. The molecule has 7 heteroatoms. The Hall–Kier alpha value is -1.99. The first-order valence-electron chi connectivity index (χ1n) is 9.28. The summed E-state index contributed by atoms with van der Waals surface area (Å²) in [5.41, 5.74) is 1.30. The average molecular weight is 340 g/mol. The van der Waals surface area contributed by atoms with E-state index in [1.807, 2.05) is 24.7 Å². The van der Waals surface area contributed by atoms with Crippen molar-refractivity contribution in [3.05, 3.63) is 36.0 Å². The Labute approximate surface area is 147 Å². The van der Waals surface area contributed by atoms with Gasteiger partial charge in [-0.05, 0) is 18.9 Å². The summed E-state index contributed by atoms with van der Waals surface area (Å²) >= 11 is 0. The molecule has 1 aliphatic carbocycles. The monoisotopic (exact) mass is 340 g/mol. The third kappa shape index (κ3) is 3.14. The number of anilines is 1. The Bertz CT molecular complexity index is 701. The van der Waals surface area contributed by atoms with E-state index < -0.39 is 0 Å². The second-order valence-corrected chi connectivity index (χ2v) is 7.41. The molecule has 3 fully saturated rings. The van der Waals surface area contributed by atoms with Crippen molar-refractivity contribution in [2.45, 2.75) is 31.3 Å². The first-order chi connectivity index (χ1) is 12.4. The molecule has 132 valence electrons. The first kappa shape index (κ1) is 15.3. The molecule has 25 heavy (non-hydrogen) atoms. The van der Waals surface area contributed by atoms with Crippen molar-refractivity contribution in [3.63, 3.8) is 0 Å². The number of hydrogen-bond acceptors (Lipinski definition) is 7. The van der Waals surface area contributed by atoms with Gasteiger partial charge in [-0.3, -0.25) is 9.80 Å². The summed E-state index contributed by atoms with van der Waals surface area (Å²) in [5, 5.41) is 4.01. The fraction of sp³-hybridized carbons (Fsp3) is 0.611. The van der Waals surface area contributed by atoms with Gasteiger partial charge in [-0.2, -0.15) is 0 Å². The lowest BCUT2D eigenvalue weighted by Gasteiger charge is -2.48. The van der Waals surface area contributed by atoms with Crippen molar-refractivity contribution < 1.29 is 4.52 Å². The standard InChI is InChI=1S/C18H24N6O/c1-4-19-18(20-5-1)24-8-6-23(7-9-24)16-12-22(13-16)11-15-10-21-25-17(15)14-2-3-14/h1,4-5,10,14,16H,2-3,6-9,11-13H2. The number of aromatic nitrogens is 3. The Morgan fingerprint density at radius 2 is 1.80 bits per heavy atom. The van der Waals surface area contributed by atoms with Crippen LogP contribution in [0.3, 0.4) is 0 Å². The smallest absolute Gasteiger partial charge is 0.225 e. The topological polar surface area (TPSA) is 61.5 Å². The van der Waals surface area contributed by atoms with Gasteiger partial charge < -0.3 is 9.42 Å². The number of piperazine rings is 1. The van der Waals surface area contributed by atoms with Gasteiger partial charge >= 0.3 is 0 Å². The van der Waals surface area contributed by atoms with E-state index in [9.17, 15) is 0 Å². The highest BCUT2D eigenvalue weighted by Crippen LogP contribution is 2.42. The van der Waals surface area contributed by atoms with Crippen LogP contribution in [0.4, 0.5) is 5.95 Å². The molecule has 7 nitrogen and oxygen atoms in total. The van der Waals surface area contributed by atoms with Crippen LogP contribution >= 0.6 is 0 Å². The highest BCUT2D eigenvalue weighted by molar-refractivity contribution is 5.29. The Morgan fingerprint density at radius 1 is 1.04 bits per heavy atom. The number of hydrogen-bond donors (Lipinski definition) is 0. The van der Waals surface area contributed by atoms with E-state index in [1.165, 1.54) is 18.4 Å². The lowest BCUT2D eigenvalue weighted by molar-refractivity contribution is 0.0252. The van der Waals surface area contributed by atoms with Crippen molar-refractivity contribution in [1.29, 1.82) is 0 Å². The molecule has 4 heterocycles. The second-order valence-electron chi connectivity index (χ2n) is 7.41. The molecule has 0 radical (unpaired) electrons. The van der Waals surface area contributed by atoms with Gasteiger partial charge in [0.15, 0.2) is 0 Å². The van der Waals surface area contributed by atoms with E-state index in [-0.39, 0.29) is 0 Å². The summed E-state index contributed by atoms with van der Waals surface area (Å²) in [5.74, 6) is 2.64. The Morgan fingerprint density at radius 3 is 2.52 bits per heavy atom. The average Bonchev–Trinajstić information content (AvgIpc) is 3.37. The molecular weight excluding hydrogens is 316 g/mol. The molecule has 2 aromatic heterocycles. The lowest BCUT2D eigenvalue weighted by atomic mass is 10.0. The molecule has 2 saturated heterocycles.